The molecule has 0 aliphatic carbocycles. The molecule has 0 aliphatic rings. The van der Waals surface area contributed by atoms with Gasteiger partial charge < -0.3 is 15.1 Å². The molecule has 2 amide bonds. The molecule has 252 valence electrons. The molecule has 0 saturated carbocycles. The summed E-state index contributed by atoms with van der Waals surface area (Å²) in [5, 5.41) is 4.40. The summed E-state index contributed by atoms with van der Waals surface area (Å²) in [6, 6.07) is 12.2. The predicted molar refractivity (Wildman–Crippen MR) is 161 cm³/mol. The Morgan fingerprint density at radius 2 is 1.53 bits per heavy atom. The Bertz CT molecular complexity index is 1930. The van der Waals surface area contributed by atoms with E-state index in [1.165, 1.54) is 43.4 Å². The third-order valence-electron chi connectivity index (χ3n) is 7.20. The zero-order chi connectivity index (χ0) is 35.1. The van der Waals surface area contributed by atoms with Crippen molar-refractivity contribution in [2.75, 3.05) is 24.2 Å². The van der Waals surface area contributed by atoms with Crippen LogP contribution in [0, 0.1) is 5.82 Å². The van der Waals surface area contributed by atoms with Gasteiger partial charge in [0.2, 0.25) is 10.0 Å². The average Bonchev–Trinajstić information content (AvgIpc) is 3.33. The summed E-state index contributed by atoms with van der Waals surface area (Å²) in [4.78, 5) is 26.0. The van der Waals surface area contributed by atoms with Gasteiger partial charge >= 0.3 is 12.4 Å². The fourth-order valence-corrected chi connectivity index (χ4v) is 5.60. The number of nitrogens with zero attached hydrogens (tertiary/aromatic N) is 1. The molecule has 4 rings (SSSR count). The average molecular weight is 688 g/mol. The van der Waals surface area contributed by atoms with Crippen LogP contribution in [0.3, 0.4) is 0 Å². The second-order valence-corrected chi connectivity index (χ2v) is 13.0. The number of halogens is 7. The highest BCUT2D eigenvalue weighted by atomic mass is 32.2. The number of rotatable bonds is 9. The van der Waals surface area contributed by atoms with Crippen molar-refractivity contribution in [2.45, 2.75) is 38.2 Å². The monoisotopic (exact) mass is 687 g/mol. The molecule has 3 aromatic carbocycles. The summed E-state index contributed by atoms with van der Waals surface area (Å²) in [5.41, 5.74) is -3.28. The van der Waals surface area contributed by atoms with E-state index < -0.39 is 58.5 Å². The van der Waals surface area contributed by atoms with Gasteiger partial charge in [-0.05, 0) is 61.9 Å². The van der Waals surface area contributed by atoms with Gasteiger partial charge in [-0.15, -0.1) is 0 Å². The molecule has 0 fully saturated rings. The van der Waals surface area contributed by atoms with Crippen molar-refractivity contribution < 1.29 is 53.2 Å². The molecule has 0 bridgehead atoms. The molecular formula is C31H28F7N3O5S. The van der Waals surface area contributed by atoms with Crippen LogP contribution < -0.4 is 14.9 Å². The minimum Gasteiger partial charge on any atom is -0.455 e. The second kappa shape index (κ2) is 12.5. The van der Waals surface area contributed by atoms with Gasteiger partial charge in [0.05, 0.1) is 23.9 Å². The number of hydrogen-bond donors (Lipinski definition) is 2. The molecule has 4 aromatic rings. The smallest absolute Gasteiger partial charge is 0.410 e. The van der Waals surface area contributed by atoms with E-state index in [2.05, 4.69) is 5.32 Å². The van der Waals surface area contributed by atoms with Gasteiger partial charge in [0, 0.05) is 41.7 Å². The summed E-state index contributed by atoms with van der Waals surface area (Å²) < 4.78 is 126. The number of carbonyl (C=O) groups is 2. The lowest BCUT2D eigenvalue weighted by atomic mass is 9.96. The number of alkyl halides is 6. The van der Waals surface area contributed by atoms with Crippen molar-refractivity contribution in [3.05, 3.63) is 77.6 Å². The second-order valence-electron chi connectivity index (χ2n) is 11.1. The molecule has 0 saturated heterocycles. The van der Waals surface area contributed by atoms with E-state index in [1.807, 2.05) is 5.32 Å². The van der Waals surface area contributed by atoms with Crippen molar-refractivity contribution in [1.82, 2.24) is 10.6 Å². The lowest BCUT2D eigenvalue weighted by Crippen LogP contribution is -2.54. The molecule has 1 heterocycles. The van der Waals surface area contributed by atoms with Gasteiger partial charge in [-0.25, -0.2) is 12.8 Å². The first-order valence-electron chi connectivity index (χ1n) is 13.8. The number of sulfonamides is 1. The van der Waals surface area contributed by atoms with Crippen molar-refractivity contribution >= 4 is 38.5 Å². The SMILES string of the molecule is CNC(=O)c1c(-c2ccc(F)cc2)oc2cc(N(CCC(F)(F)F)S(C)(=O)=O)c(-c3cccc(C(=O)NC(C)(C)C(F)(F)F)c3)cc12. The van der Waals surface area contributed by atoms with Crippen LogP contribution in [-0.4, -0.2) is 58.0 Å². The standard InChI is InChI=1S/C31H28F7N3O5S/c1-29(2,31(36,37)38)40-27(42)19-7-5-6-18(14-19)21-15-22-24(16-23(21)41(47(4,44)45)13-12-30(33,34)35)46-26(25(22)28(43)39-3)17-8-10-20(32)11-9-17/h5-11,14-16H,12-13H2,1-4H3,(H,39,43)(H,40,42). The Morgan fingerprint density at radius 3 is 2.09 bits per heavy atom. The molecule has 0 aliphatic heterocycles. The van der Waals surface area contributed by atoms with E-state index in [1.54, 1.807) is 0 Å². The zero-order valence-electron chi connectivity index (χ0n) is 25.2. The molecule has 16 heteroatoms. The van der Waals surface area contributed by atoms with Crippen LogP contribution in [0.15, 0.2) is 65.1 Å². The zero-order valence-corrected chi connectivity index (χ0v) is 26.0. The summed E-state index contributed by atoms with van der Waals surface area (Å²) in [6.45, 7) is 0.446. The van der Waals surface area contributed by atoms with Crippen LogP contribution >= 0.6 is 0 Å². The van der Waals surface area contributed by atoms with E-state index in [0.29, 0.717) is 10.6 Å². The Morgan fingerprint density at radius 1 is 0.894 bits per heavy atom. The lowest BCUT2D eigenvalue weighted by molar-refractivity contribution is -0.182. The Balaban J connectivity index is 2.02. The highest BCUT2D eigenvalue weighted by Gasteiger charge is 2.48. The van der Waals surface area contributed by atoms with Crippen LogP contribution in [0.5, 0.6) is 0 Å². The summed E-state index contributed by atoms with van der Waals surface area (Å²) in [5.74, 6) is -2.47. The maximum Gasteiger partial charge on any atom is 0.410 e. The minimum atomic E-state index is -4.81. The van der Waals surface area contributed by atoms with Gasteiger partial charge in [-0.3, -0.25) is 13.9 Å². The number of hydrogen-bond acceptors (Lipinski definition) is 5. The third-order valence-corrected chi connectivity index (χ3v) is 8.38. The van der Waals surface area contributed by atoms with Crippen molar-refractivity contribution in [2.24, 2.45) is 0 Å². The molecule has 0 spiro atoms. The van der Waals surface area contributed by atoms with Gasteiger partial charge in [-0.2, -0.15) is 26.3 Å². The first-order valence-corrected chi connectivity index (χ1v) is 15.6. The molecule has 0 atom stereocenters. The third kappa shape index (κ3) is 7.69. The highest BCUT2D eigenvalue weighted by Crippen LogP contribution is 2.42. The maximum absolute atomic E-state index is 13.7. The first-order chi connectivity index (χ1) is 21.6. The van der Waals surface area contributed by atoms with Gasteiger partial charge in [-0.1, -0.05) is 12.1 Å². The van der Waals surface area contributed by atoms with E-state index in [-0.39, 0.29) is 50.2 Å². The summed E-state index contributed by atoms with van der Waals surface area (Å²) in [6.07, 6.45) is -10.4. The number of furan rings is 1. The predicted octanol–water partition coefficient (Wildman–Crippen LogP) is 7.05. The largest absolute Gasteiger partial charge is 0.455 e. The van der Waals surface area contributed by atoms with E-state index in [0.717, 1.165) is 38.1 Å². The minimum absolute atomic E-state index is 0.0208. The van der Waals surface area contributed by atoms with Gasteiger partial charge in [0.25, 0.3) is 11.8 Å². The van der Waals surface area contributed by atoms with Crippen LogP contribution in [-0.2, 0) is 10.0 Å². The number of fused-ring (bicyclic) bond motifs is 1. The van der Waals surface area contributed by atoms with E-state index in [9.17, 15) is 48.7 Å². The molecule has 2 N–H and O–H groups in total. The maximum atomic E-state index is 13.7. The molecule has 0 unspecified atom stereocenters. The molecular weight excluding hydrogens is 659 g/mol. The van der Waals surface area contributed by atoms with Crippen LogP contribution in [0.1, 0.15) is 41.0 Å². The Hall–Kier alpha value is -4.60. The molecule has 8 nitrogen and oxygen atoms in total. The highest BCUT2D eigenvalue weighted by molar-refractivity contribution is 7.92. The van der Waals surface area contributed by atoms with Crippen LogP contribution in [0.2, 0.25) is 0 Å². The quantitative estimate of drug-likeness (QED) is 0.183. The summed E-state index contributed by atoms with van der Waals surface area (Å²) >= 11 is 0. The van der Waals surface area contributed by atoms with E-state index >= 15 is 0 Å². The van der Waals surface area contributed by atoms with E-state index in [4.69, 9.17) is 4.42 Å². The molecule has 1 aromatic heterocycles. The number of nitrogens with one attached hydrogen (secondary N) is 2. The first kappa shape index (κ1) is 35.3. The van der Waals surface area contributed by atoms with Crippen LogP contribution in [0.4, 0.5) is 36.4 Å². The number of anilines is 1. The van der Waals surface area contributed by atoms with Crippen molar-refractivity contribution in [3.8, 4) is 22.5 Å². The number of benzene rings is 3. The molecule has 0 radical (unpaired) electrons. The molecule has 47 heavy (non-hydrogen) atoms. The fourth-order valence-electron chi connectivity index (χ4n) is 4.67. The van der Waals surface area contributed by atoms with Crippen molar-refractivity contribution in [3.63, 3.8) is 0 Å². The number of amides is 2. The lowest BCUT2D eigenvalue weighted by Gasteiger charge is -2.29. The van der Waals surface area contributed by atoms with Gasteiger partial charge in [0.1, 0.15) is 22.7 Å². The fraction of sp³-hybridized carbons (Fsp3) is 0.290. The van der Waals surface area contributed by atoms with Crippen molar-refractivity contribution in [1.29, 1.82) is 0 Å². The van der Waals surface area contributed by atoms with Gasteiger partial charge in [0.15, 0.2) is 0 Å². The summed E-state index contributed by atoms with van der Waals surface area (Å²) in [7, 11) is -3.10. The number of carbonyl (C=O) groups excluding carboxylic acids is 2. The normalized spacial score (nSPS) is 12.7. The topological polar surface area (TPSA) is 109 Å². The Kier molecular flexibility index (Phi) is 9.41. The Labute approximate surface area is 264 Å². The van der Waals surface area contributed by atoms with Crippen LogP contribution in [0.25, 0.3) is 33.4 Å².